The topological polar surface area (TPSA) is 71.8 Å². The van der Waals surface area contributed by atoms with E-state index in [2.05, 4.69) is 20.7 Å². The van der Waals surface area contributed by atoms with Gasteiger partial charge in [0.25, 0.3) is 0 Å². The Morgan fingerprint density at radius 3 is 2.82 bits per heavy atom. The molecule has 0 spiro atoms. The average Bonchev–Trinajstić information content (AvgIpc) is 3.02. The number of nitrogens with zero attached hydrogens (tertiary/aromatic N) is 3. The zero-order chi connectivity index (χ0) is 15.2. The van der Waals surface area contributed by atoms with Crippen molar-refractivity contribution >= 4 is 11.7 Å². The number of aryl methyl sites for hydroxylation is 2. The highest BCUT2D eigenvalue weighted by Gasteiger charge is 2.21. The predicted octanol–water partition coefficient (Wildman–Crippen LogP) is 1.46. The molecule has 0 radical (unpaired) electrons. The first-order chi connectivity index (χ1) is 10.8. The van der Waals surface area contributed by atoms with Crippen molar-refractivity contribution in [3.05, 3.63) is 42.4 Å². The molecule has 2 N–H and O–H groups in total. The molecule has 22 heavy (non-hydrogen) atoms. The molecular weight excluding hydrogens is 278 g/mol. The van der Waals surface area contributed by atoms with Crippen molar-refractivity contribution in [1.82, 2.24) is 20.1 Å². The zero-order valence-corrected chi connectivity index (χ0v) is 12.5. The molecule has 0 atom stereocenters. The van der Waals surface area contributed by atoms with Crippen molar-refractivity contribution in [3.63, 3.8) is 0 Å². The zero-order valence-electron chi connectivity index (χ0n) is 12.5. The molecule has 6 heteroatoms. The Kier molecular flexibility index (Phi) is 4.80. The summed E-state index contributed by atoms with van der Waals surface area (Å²) in [5, 5.41) is 10.6. The SMILES string of the molecule is O=C(Nc1ccn(CCc2ccncc2)n1)C1CCNCC1. The average molecular weight is 299 g/mol. The van der Waals surface area contributed by atoms with E-state index < -0.39 is 0 Å². The largest absolute Gasteiger partial charge is 0.317 e. The normalized spacial score (nSPS) is 15.6. The van der Waals surface area contributed by atoms with Crippen LogP contribution in [-0.4, -0.2) is 33.8 Å². The number of carbonyl (C=O) groups is 1. The summed E-state index contributed by atoms with van der Waals surface area (Å²) < 4.78 is 1.86. The Bertz CT molecular complexity index is 604. The lowest BCUT2D eigenvalue weighted by atomic mass is 9.97. The van der Waals surface area contributed by atoms with E-state index in [0.29, 0.717) is 5.82 Å². The smallest absolute Gasteiger partial charge is 0.228 e. The van der Waals surface area contributed by atoms with E-state index in [-0.39, 0.29) is 11.8 Å². The van der Waals surface area contributed by atoms with E-state index in [1.165, 1.54) is 5.56 Å². The standard InChI is InChI=1S/C16H21N5O/c22-16(14-3-9-18-10-4-14)19-15-6-12-21(20-15)11-5-13-1-7-17-8-2-13/h1-2,6-8,12,14,18H,3-5,9-11H2,(H,19,20,22). The Morgan fingerprint density at radius 2 is 2.05 bits per heavy atom. The van der Waals surface area contributed by atoms with Gasteiger partial charge in [-0.3, -0.25) is 14.5 Å². The fourth-order valence-electron chi connectivity index (χ4n) is 2.66. The lowest BCUT2D eigenvalue weighted by molar-refractivity contribution is -0.120. The van der Waals surface area contributed by atoms with Gasteiger partial charge in [0.15, 0.2) is 5.82 Å². The van der Waals surface area contributed by atoms with E-state index in [1.807, 2.05) is 29.1 Å². The summed E-state index contributed by atoms with van der Waals surface area (Å²) in [4.78, 5) is 16.2. The molecular formula is C16H21N5O. The van der Waals surface area contributed by atoms with Crippen LogP contribution < -0.4 is 10.6 Å². The van der Waals surface area contributed by atoms with E-state index in [0.717, 1.165) is 38.9 Å². The lowest BCUT2D eigenvalue weighted by Gasteiger charge is -2.21. The molecule has 2 aromatic rings. The van der Waals surface area contributed by atoms with E-state index in [9.17, 15) is 4.79 Å². The van der Waals surface area contributed by atoms with Crippen LogP contribution in [0.5, 0.6) is 0 Å². The third-order valence-corrected chi connectivity index (χ3v) is 3.98. The molecule has 0 bridgehead atoms. The van der Waals surface area contributed by atoms with E-state index in [1.54, 1.807) is 12.4 Å². The Morgan fingerprint density at radius 1 is 1.27 bits per heavy atom. The van der Waals surface area contributed by atoms with Gasteiger partial charge in [-0.25, -0.2) is 0 Å². The minimum atomic E-state index is 0.0842. The lowest BCUT2D eigenvalue weighted by Crippen LogP contribution is -2.34. The number of rotatable bonds is 5. The van der Waals surface area contributed by atoms with Crippen molar-refractivity contribution in [3.8, 4) is 0 Å². The molecule has 1 saturated heterocycles. The van der Waals surface area contributed by atoms with E-state index >= 15 is 0 Å². The fourth-order valence-corrected chi connectivity index (χ4v) is 2.66. The summed E-state index contributed by atoms with van der Waals surface area (Å²) in [6.07, 6.45) is 8.18. The molecule has 116 valence electrons. The second-order valence-corrected chi connectivity index (χ2v) is 5.58. The molecule has 0 aliphatic carbocycles. The fraction of sp³-hybridized carbons (Fsp3) is 0.438. The molecule has 3 heterocycles. The number of carbonyl (C=O) groups excluding carboxylic acids is 1. The summed E-state index contributed by atoms with van der Waals surface area (Å²) in [5.41, 5.74) is 1.23. The van der Waals surface area contributed by atoms with E-state index in [4.69, 9.17) is 0 Å². The minimum Gasteiger partial charge on any atom is -0.317 e. The third-order valence-electron chi connectivity index (χ3n) is 3.98. The highest BCUT2D eigenvalue weighted by atomic mass is 16.2. The van der Waals surface area contributed by atoms with Gasteiger partial charge in [-0.1, -0.05) is 0 Å². The Balaban J connectivity index is 1.51. The monoisotopic (exact) mass is 299 g/mol. The molecule has 6 nitrogen and oxygen atoms in total. The number of piperidine rings is 1. The van der Waals surface area contributed by atoms with Gasteiger partial charge in [-0.05, 0) is 50.0 Å². The van der Waals surface area contributed by atoms with Crippen molar-refractivity contribution in [2.75, 3.05) is 18.4 Å². The molecule has 0 saturated carbocycles. The van der Waals surface area contributed by atoms with Crippen LogP contribution in [0.1, 0.15) is 18.4 Å². The number of amides is 1. The Hall–Kier alpha value is -2.21. The molecule has 1 aliphatic rings. The molecule has 1 amide bonds. The van der Waals surface area contributed by atoms with Crippen LogP contribution in [-0.2, 0) is 17.8 Å². The molecule has 3 rings (SSSR count). The number of pyridine rings is 1. The molecule has 0 unspecified atom stereocenters. The van der Waals surface area contributed by atoms with Crippen molar-refractivity contribution in [1.29, 1.82) is 0 Å². The number of hydrogen-bond donors (Lipinski definition) is 2. The Labute approximate surface area is 129 Å². The van der Waals surface area contributed by atoms with Gasteiger partial charge in [-0.15, -0.1) is 0 Å². The van der Waals surface area contributed by atoms with Gasteiger partial charge in [0, 0.05) is 37.1 Å². The summed E-state index contributed by atoms with van der Waals surface area (Å²) in [5.74, 6) is 0.822. The minimum absolute atomic E-state index is 0.0842. The first kappa shape index (κ1) is 14.7. The third kappa shape index (κ3) is 3.92. The maximum Gasteiger partial charge on any atom is 0.228 e. The highest BCUT2D eigenvalue weighted by molar-refractivity contribution is 5.91. The second kappa shape index (κ2) is 7.17. The van der Waals surface area contributed by atoms with Gasteiger partial charge in [0.2, 0.25) is 5.91 Å². The van der Waals surface area contributed by atoms with Crippen LogP contribution in [0.15, 0.2) is 36.8 Å². The highest BCUT2D eigenvalue weighted by Crippen LogP contribution is 2.14. The molecule has 1 fully saturated rings. The van der Waals surface area contributed by atoms with Crippen molar-refractivity contribution in [2.45, 2.75) is 25.8 Å². The number of anilines is 1. The maximum absolute atomic E-state index is 12.2. The summed E-state index contributed by atoms with van der Waals surface area (Å²) in [6, 6.07) is 5.86. The van der Waals surface area contributed by atoms with Crippen LogP contribution in [0.3, 0.4) is 0 Å². The maximum atomic E-state index is 12.2. The summed E-state index contributed by atoms with van der Waals surface area (Å²) >= 11 is 0. The second-order valence-electron chi connectivity index (χ2n) is 5.58. The summed E-state index contributed by atoms with van der Waals surface area (Å²) in [7, 11) is 0. The van der Waals surface area contributed by atoms with Crippen molar-refractivity contribution in [2.24, 2.45) is 5.92 Å². The van der Waals surface area contributed by atoms with Gasteiger partial charge in [-0.2, -0.15) is 5.10 Å². The summed E-state index contributed by atoms with van der Waals surface area (Å²) in [6.45, 7) is 2.62. The van der Waals surface area contributed by atoms with Gasteiger partial charge >= 0.3 is 0 Å². The van der Waals surface area contributed by atoms with Gasteiger partial charge < -0.3 is 10.6 Å². The number of hydrogen-bond acceptors (Lipinski definition) is 4. The molecule has 2 aromatic heterocycles. The van der Waals surface area contributed by atoms with Gasteiger partial charge in [0.05, 0.1) is 0 Å². The first-order valence-corrected chi connectivity index (χ1v) is 7.75. The van der Waals surface area contributed by atoms with Crippen LogP contribution in [0.4, 0.5) is 5.82 Å². The van der Waals surface area contributed by atoms with Crippen molar-refractivity contribution < 1.29 is 4.79 Å². The van der Waals surface area contributed by atoms with Crippen LogP contribution in [0.2, 0.25) is 0 Å². The number of aromatic nitrogens is 3. The van der Waals surface area contributed by atoms with Crippen LogP contribution >= 0.6 is 0 Å². The molecule has 0 aromatic carbocycles. The molecule has 1 aliphatic heterocycles. The van der Waals surface area contributed by atoms with Gasteiger partial charge in [0.1, 0.15) is 0 Å². The predicted molar refractivity (Wildman–Crippen MR) is 84.4 cm³/mol. The first-order valence-electron chi connectivity index (χ1n) is 7.75. The quantitative estimate of drug-likeness (QED) is 0.877. The van der Waals surface area contributed by atoms with Crippen LogP contribution in [0, 0.1) is 5.92 Å². The van der Waals surface area contributed by atoms with Crippen LogP contribution in [0.25, 0.3) is 0 Å². The number of nitrogens with one attached hydrogen (secondary N) is 2.